The summed E-state index contributed by atoms with van der Waals surface area (Å²) in [6, 6.07) is 45.9. The zero-order chi connectivity index (χ0) is 106. The number of likely N-dealkylation sites (N-methyl/N-ethyl adjacent to an activating group) is 2. The summed E-state index contributed by atoms with van der Waals surface area (Å²) in [5.41, 5.74) is 4.60. The Balaban J connectivity index is 0.000000173. The normalized spacial score (nSPS) is 18.7. The summed E-state index contributed by atoms with van der Waals surface area (Å²) in [7, 11) is -19.7. The number of sulfonamides is 5. The maximum atomic E-state index is 13.5. The van der Waals surface area contributed by atoms with E-state index in [9.17, 15) is 92.7 Å². The van der Waals surface area contributed by atoms with E-state index in [0.717, 1.165) is 86.2 Å². The molecule has 0 saturated carbocycles. The molecule has 5 aliphatic heterocycles. The smallest absolute Gasteiger partial charge is 0.271 e. The van der Waals surface area contributed by atoms with Gasteiger partial charge in [-0.15, -0.1) is 0 Å². The minimum atomic E-state index is -4.07. The molecular weight excluding hydrogens is 2110 g/mol. The van der Waals surface area contributed by atoms with E-state index in [1.54, 1.807) is 30.3 Å². The monoisotopic (exact) mass is 2220 g/mol. The lowest BCUT2D eigenvalue weighted by Crippen LogP contribution is -2.55. The van der Waals surface area contributed by atoms with Gasteiger partial charge < -0.3 is 35.2 Å². The maximum absolute atomic E-state index is 13.5. The van der Waals surface area contributed by atoms with Crippen molar-refractivity contribution in [2.45, 2.75) is 187 Å². The van der Waals surface area contributed by atoms with Crippen LogP contribution in [-0.2, 0) is 50.1 Å². The molecule has 0 spiro atoms. The minimum absolute atomic E-state index is 0.00217. The molecule has 3 N–H and O–H groups in total. The summed E-state index contributed by atoms with van der Waals surface area (Å²) in [5.74, 6) is 0.679. The first-order valence-corrected chi connectivity index (χ1v) is 57.0. The fourth-order valence-corrected chi connectivity index (χ4v) is 29.6. The average molecular weight is 2230 g/mol. The van der Waals surface area contributed by atoms with Crippen molar-refractivity contribution in [2.24, 2.45) is 0 Å². The minimum Gasteiger partial charge on any atom is -0.456 e. The first kappa shape index (κ1) is 116. The van der Waals surface area contributed by atoms with Crippen molar-refractivity contribution in [2.75, 3.05) is 105 Å². The predicted molar refractivity (Wildman–Crippen MR) is 563 cm³/mol. The van der Waals surface area contributed by atoms with Crippen molar-refractivity contribution >= 4 is 160 Å². The lowest BCUT2D eigenvalue weighted by Gasteiger charge is -2.35. The number of benzene rings is 10. The van der Waals surface area contributed by atoms with E-state index >= 15 is 0 Å². The van der Waals surface area contributed by atoms with Gasteiger partial charge >= 0.3 is 0 Å². The van der Waals surface area contributed by atoms with Crippen LogP contribution in [0.4, 0.5) is 28.4 Å². The molecule has 10 aromatic rings. The maximum Gasteiger partial charge on any atom is 0.271 e. The molecule has 0 aromatic heterocycles. The number of ether oxygens (including phenoxy) is 2. The van der Waals surface area contributed by atoms with E-state index in [4.69, 9.17) is 55.9 Å². The number of nitro groups is 5. The summed E-state index contributed by atoms with van der Waals surface area (Å²) in [6.07, 6.45) is 0. The van der Waals surface area contributed by atoms with E-state index in [1.165, 1.54) is 124 Å². The van der Waals surface area contributed by atoms with Crippen molar-refractivity contribution in [1.82, 2.24) is 47.3 Å². The third-order valence-corrected chi connectivity index (χ3v) is 38.5. The number of hydrogen-bond acceptors (Lipinski definition) is 30. The molecule has 0 bridgehead atoms. The topological polar surface area (TPSA) is 464 Å². The Hall–Kier alpha value is -9.64. The summed E-state index contributed by atoms with van der Waals surface area (Å²) >= 11 is 28.1. The molecule has 37 nitrogen and oxygen atoms in total. The van der Waals surface area contributed by atoms with Crippen molar-refractivity contribution in [3.63, 3.8) is 0 Å². The average Bonchev–Trinajstić information content (AvgIpc) is 0.794. The van der Waals surface area contributed by atoms with Crippen LogP contribution in [0.15, 0.2) is 236 Å². The highest BCUT2D eigenvalue weighted by atomic mass is 35.5. The highest BCUT2D eigenvalue weighted by Gasteiger charge is 2.41. The molecule has 780 valence electrons. The molecule has 0 aliphatic carbocycles. The number of nitro benzene ring substituents is 5. The Bertz CT molecular complexity index is 6510. The highest BCUT2D eigenvalue weighted by Crippen LogP contribution is 2.46. The Kier molecular flexibility index (Phi) is 40.0. The first-order chi connectivity index (χ1) is 68.2. The SMILES string of the molecule is CC1CN(S(=O)(=O)c2cc([N+](=O)[O-])ccc2Oc2cc(Cl)ccc2Cl)CC(C)N1.CC1CN(S(=O)(=O)c2cc([N+](=O)[O-])ccc2Sc2cc(Cl)ccc2Cl)CC(C)N1.CCN1CCN(S(=O)(=O)c2cc([N+](=O)[O-])ccc2Oc2cc(C)ccc2C)CC1.CCN1CCN(S(=O)(=O)c2cc([N+](=O)[O-])ccc2Sc2cc(C)ccc2C)CC1.Cc1ccc(C)c(Sc2ccc([N+](=O)[O-])cc2S(=O)(=O)N2CC(C)NC(C)C2)c1. The first-order valence-electron chi connectivity index (χ1n) is 45.8. The Morgan fingerprint density at radius 1 is 0.297 bits per heavy atom. The zero-order valence-electron chi connectivity index (χ0n) is 81.7. The van der Waals surface area contributed by atoms with Crippen molar-refractivity contribution in [1.29, 1.82) is 0 Å². The van der Waals surface area contributed by atoms with E-state index in [0.29, 0.717) is 106 Å². The number of piperazine rings is 5. The number of halogens is 4. The standard InChI is InChI=1S/C20H25N3O5S.2C20H25N3O4S2.C18H19Cl2N3O5S.C18H19Cl2N3O4S2/c1-4-21-9-11-22(12-10-21)29(26,27)20-14-17(23(24)25)7-8-18(20)28-19-13-15(2)5-6-16(19)3;1-13-5-6-14(2)19(9-13)28-18-8-7-17(23(24)25)10-20(18)29(26,27)22-11-15(3)21-16(4)12-22;1-4-21-9-11-22(12-10-21)29(26,27)20-14-17(23(24)25)7-8-18(20)28-19-13-15(2)5-6-16(19)3;2*1-11-9-22(10-12(2)21-11)29(26,27)18-8-14(23(24)25)4-6-16(18)28-17-7-13(19)3-5-15(17)20/h5-8,13-14H,4,9-12H2,1-3H3;5-10,15-16,21H,11-12H2,1-4H3;5-8,13-14H,4,9-12H2,1-3H3;2*3-8,11-12,21H,9-10H2,1-2H3. The van der Waals surface area contributed by atoms with Gasteiger partial charge in [0, 0.05) is 234 Å². The van der Waals surface area contributed by atoms with Crippen molar-refractivity contribution < 1.29 is 76.2 Å². The van der Waals surface area contributed by atoms with Gasteiger partial charge in [0.1, 0.15) is 47.5 Å². The van der Waals surface area contributed by atoms with Crippen LogP contribution in [0.2, 0.25) is 20.1 Å². The van der Waals surface area contributed by atoms with Gasteiger partial charge in [0.05, 0.1) is 34.7 Å². The van der Waals surface area contributed by atoms with Crippen LogP contribution in [0.5, 0.6) is 23.0 Å². The van der Waals surface area contributed by atoms with E-state index in [-0.39, 0.29) is 138 Å². The Morgan fingerprint density at radius 2 is 0.572 bits per heavy atom. The lowest BCUT2D eigenvalue weighted by molar-refractivity contribution is -0.385. The third kappa shape index (κ3) is 29.9. The molecule has 15 rings (SSSR count). The van der Waals surface area contributed by atoms with Crippen molar-refractivity contribution in [3.8, 4) is 23.0 Å². The molecule has 5 aliphatic rings. The number of nitrogens with zero attached hydrogens (tertiary/aromatic N) is 12. The molecule has 6 unspecified atom stereocenters. The van der Waals surface area contributed by atoms with Crippen LogP contribution in [0, 0.1) is 92.1 Å². The summed E-state index contributed by atoms with van der Waals surface area (Å²) in [6.45, 7) is 34.5. The van der Waals surface area contributed by atoms with E-state index in [2.05, 4.69) is 25.8 Å². The molecule has 0 radical (unpaired) electrons. The van der Waals surface area contributed by atoms with Gasteiger partial charge in [0.25, 0.3) is 28.4 Å². The molecule has 0 amide bonds. The highest BCUT2D eigenvalue weighted by molar-refractivity contribution is 8.01. The van der Waals surface area contributed by atoms with Gasteiger partial charge in [-0.3, -0.25) is 50.6 Å². The quantitative estimate of drug-likeness (QED) is 0.0318. The lowest BCUT2D eigenvalue weighted by atomic mass is 10.1. The molecule has 10 aromatic carbocycles. The van der Waals surface area contributed by atoms with Crippen LogP contribution < -0.4 is 25.4 Å². The largest absolute Gasteiger partial charge is 0.456 e. The van der Waals surface area contributed by atoms with E-state index in [1.807, 2.05) is 152 Å². The molecule has 49 heteroatoms. The van der Waals surface area contributed by atoms with Gasteiger partial charge in [-0.25, -0.2) is 42.1 Å². The number of aryl methyl sites for hydroxylation is 6. The molecule has 6 atom stereocenters. The fraction of sp³-hybridized carbons (Fsp3) is 0.375. The number of hydrogen-bond donors (Lipinski definition) is 3. The van der Waals surface area contributed by atoms with Gasteiger partial charge in [0.2, 0.25) is 50.1 Å². The van der Waals surface area contributed by atoms with E-state index < -0.39 is 74.7 Å². The predicted octanol–water partition coefficient (Wildman–Crippen LogP) is 19.2. The Morgan fingerprint density at radius 3 is 0.910 bits per heavy atom. The van der Waals surface area contributed by atoms with Crippen LogP contribution in [-0.4, -0.2) is 239 Å². The zero-order valence-corrected chi connectivity index (χ0v) is 91.3. The molecular formula is C96H113Cl4N15O22S8. The van der Waals surface area contributed by atoms with Crippen molar-refractivity contribution in [3.05, 3.63) is 286 Å². The van der Waals surface area contributed by atoms with Gasteiger partial charge in [-0.05, 0) is 208 Å². The third-order valence-electron chi connectivity index (χ3n) is 23.8. The summed E-state index contributed by atoms with van der Waals surface area (Å²) < 4.78 is 152. The molecule has 145 heavy (non-hydrogen) atoms. The second kappa shape index (κ2) is 50.1. The fourth-order valence-electron chi connectivity index (χ4n) is 16.3. The second-order valence-corrected chi connectivity index (χ2v) is 49.9. The molecule has 5 fully saturated rings. The Labute approximate surface area is 877 Å². The van der Waals surface area contributed by atoms with Gasteiger partial charge in [-0.1, -0.05) is 132 Å². The summed E-state index contributed by atoms with van der Waals surface area (Å²) in [5, 5.41) is 67.6. The second-order valence-electron chi connectivity index (χ2n) is 35.5. The number of nitrogens with one attached hydrogen (secondary N) is 3. The van der Waals surface area contributed by atoms with Crippen LogP contribution in [0.3, 0.4) is 0 Å². The van der Waals surface area contributed by atoms with Gasteiger partial charge in [-0.2, -0.15) is 21.5 Å². The number of rotatable bonds is 27. The molecule has 5 saturated heterocycles. The van der Waals surface area contributed by atoms with Crippen LogP contribution >= 0.6 is 81.7 Å². The number of non-ortho nitro benzene ring substituents is 5. The van der Waals surface area contributed by atoms with Gasteiger partial charge in [0.15, 0.2) is 0 Å². The van der Waals surface area contributed by atoms with Crippen LogP contribution in [0.25, 0.3) is 0 Å². The molecule has 5 heterocycles. The van der Waals surface area contributed by atoms with Crippen LogP contribution in [0.1, 0.15) is 88.8 Å². The summed E-state index contributed by atoms with van der Waals surface area (Å²) in [4.78, 5) is 60.9.